The van der Waals surface area contributed by atoms with Crippen LogP contribution < -0.4 is 0 Å². The number of hydrogen-bond acceptors (Lipinski definition) is 2. The highest BCUT2D eigenvalue weighted by atomic mass is 79.9. The van der Waals surface area contributed by atoms with Gasteiger partial charge in [-0.25, -0.2) is 4.79 Å². The molecule has 0 spiro atoms. The number of carbonyl (C=O) groups is 1. The van der Waals surface area contributed by atoms with Crippen molar-refractivity contribution in [3.05, 3.63) is 70.2 Å². The van der Waals surface area contributed by atoms with Gasteiger partial charge in [-0.1, -0.05) is 54.1 Å². The Morgan fingerprint density at radius 2 is 1.82 bits per heavy atom. The molecule has 0 aliphatic carbocycles. The number of ether oxygens (including phenoxy) is 1. The highest BCUT2D eigenvalue weighted by Gasteiger charge is 2.19. The maximum Gasteiger partial charge on any atom is 0.338 e. The second kappa shape index (κ2) is 5.93. The molecule has 0 aliphatic heterocycles. The zero-order valence-corrected chi connectivity index (χ0v) is 14.0. The first-order valence-electron chi connectivity index (χ1n) is 6.98. The summed E-state index contributed by atoms with van der Waals surface area (Å²) in [6, 6.07) is 18.0. The van der Waals surface area contributed by atoms with Gasteiger partial charge in [0.1, 0.15) is 0 Å². The van der Waals surface area contributed by atoms with Crippen molar-refractivity contribution >= 4 is 32.7 Å². The Bertz CT molecular complexity index is 868. The molecule has 0 amide bonds. The fourth-order valence-electron chi connectivity index (χ4n) is 2.66. The van der Waals surface area contributed by atoms with Gasteiger partial charge in [0.15, 0.2) is 0 Å². The van der Waals surface area contributed by atoms with E-state index < -0.39 is 0 Å². The molecule has 0 unspecified atom stereocenters. The molecule has 0 radical (unpaired) electrons. The molecule has 110 valence electrons. The first kappa shape index (κ1) is 14.8. The van der Waals surface area contributed by atoms with E-state index in [4.69, 9.17) is 4.74 Å². The first-order chi connectivity index (χ1) is 10.6. The molecule has 3 heteroatoms. The van der Waals surface area contributed by atoms with E-state index in [9.17, 15) is 4.79 Å². The molecular weight excluding hydrogens is 340 g/mol. The summed E-state index contributed by atoms with van der Waals surface area (Å²) in [5, 5.41) is 2.08. The molecule has 0 saturated carbocycles. The Labute approximate surface area is 137 Å². The van der Waals surface area contributed by atoms with Gasteiger partial charge in [-0.3, -0.25) is 0 Å². The van der Waals surface area contributed by atoms with Gasteiger partial charge in [-0.05, 0) is 45.3 Å². The molecule has 0 heterocycles. The number of rotatable bonds is 2. The minimum Gasteiger partial charge on any atom is -0.465 e. The SMILES string of the molecule is COC(=O)c1cc2ccccc2c(Br)c1-c1cccc(C)c1. The predicted molar refractivity (Wildman–Crippen MR) is 93.2 cm³/mol. The van der Waals surface area contributed by atoms with Gasteiger partial charge in [-0.2, -0.15) is 0 Å². The number of hydrogen-bond donors (Lipinski definition) is 0. The zero-order valence-electron chi connectivity index (χ0n) is 12.4. The summed E-state index contributed by atoms with van der Waals surface area (Å²) in [6.07, 6.45) is 0. The van der Waals surface area contributed by atoms with E-state index in [1.165, 1.54) is 7.11 Å². The molecule has 0 bridgehead atoms. The van der Waals surface area contributed by atoms with Crippen LogP contribution in [0.5, 0.6) is 0 Å². The summed E-state index contributed by atoms with van der Waals surface area (Å²) >= 11 is 3.68. The van der Waals surface area contributed by atoms with Crippen molar-refractivity contribution in [3.63, 3.8) is 0 Å². The van der Waals surface area contributed by atoms with Crippen LogP contribution in [0, 0.1) is 6.92 Å². The number of aryl methyl sites for hydroxylation is 1. The maximum absolute atomic E-state index is 12.2. The summed E-state index contributed by atoms with van der Waals surface area (Å²) in [5.41, 5.74) is 3.58. The molecule has 0 fully saturated rings. The Hall–Kier alpha value is -2.13. The van der Waals surface area contributed by atoms with E-state index >= 15 is 0 Å². The van der Waals surface area contributed by atoms with Gasteiger partial charge in [0.05, 0.1) is 12.7 Å². The highest BCUT2D eigenvalue weighted by molar-refractivity contribution is 9.10. The highest BCUT2D eigenvalue weighted by Crippen LogP contribution is 2.38. The van der Waals surface area contributed by atoms with Crippen LogP contribution in [-0.4, -0.2) is 13.1 Å². The van der Waals surface area contributed by atoms with E-state index in [0.29, 0.717) is 5.56 Å². The van der Waals surface area contributed by atoms with Crippen LogP contribution in [0.25, 0.3) is 21.9 Å². The van der Waals surface area contributed by atoms with Crippen LogP contribution in [0.4, 0.5) is 0 Å². The van der Waals surface area contributed by atoms with Crippen molar-refractivity contribution in [3.8, 4) is 11.1 Å². The number of halogens is 1. The minimum atomic E-state index is -0.331. The lowest BCUT2D eigenvalue weighted by Gasteiger charge is -2.14. The molecule has 2 nitrogen and oxygen atoms in total. The lowest BCUT2D eigenvalue weighted by Crippen LogP contribution is -2.04. The predicted octanol–water partition coefficient (Wildman–Crippen LogP) is 5.36. The topological polar surface area (TPSA) is 26.3 Å². The van der Waals surface area contributed by atoms with Crippen molar-refractivity contribution in [1.29, 1.82) is 0 Å². The van der Waals surface area contributed by atoms with E-state index in [2.05, 4.69) is 22.0 Å². The number of carbonyl (C=O) groups excluding carboxylic acids is 1. The molecule has 3 aromatic rings. The van der Waals surface area contributed by atoms with Crippen molar-refractivity contribution in [2.75, 3.05) is 7.11 Å². The lowest BCUT2D eigenvalue weighted by molar-refractivity contribution is 0.0601. The summed E-state index contributed by atoms with van der Waals surface area (Å²) in [4.78, 5) is 12.2. The quantitative estimate of drug-likeness (QED) is 0.578. The van der Waals surface area contributed by atoms with Crippen molar-refractivity contribution < 1.29 is 9.53 Å². The van der Waals surface area contributed by atoms with Crippen molar-refractivity contribution in [2.24, 2.45) is 0 Å². The molecule has 0 saturated heterocycles. The van der Waals surface area contributed by atoms with E-state index in [0.717, 1.165) is 31.9 Å². The third-order valence-corrected chi connectivity index (χ3v) is 4.52. The Morgan fingerprint density at radius 3 is 2.55 bits per heavy atom. The molecule has 0 aromatic heterocycles. The summed E-state index contributed by atoms with van der Waals surface area (Å²) < 4.78 is 5.89. The Morgan fingerprint density at radius 1 is 1.05 bits per heavy atom. The molecule has 3 rings (SSSR count). The van der Waals surface area contributed by atoms with E-state index in [1.807, 2.05) is 55.5 Å². The van der Waals surface area contributed by atoms with Crippen LogP contribution in [0.15, 0.2) is 59.1 Å². The van der Waals surface area contributed by atoms with Crippen LogP contribution in [0.2, 0.25) is 0 Å². The Kier molecular flexibility index (Phi) is 3.99. The third kappa shape index (κ3) is 2.53. The average molecular weight is 355 g/mol. The van der Waals surface area contributed by atoms with Gasteiger partial charge in [-0.15, -0.1) is 0 Å². The second-order valence-corrected chi connectivity index (χ2v) is 5.99. The molecule has 0 aliphatic rings. The average Bonchev–Trinajstić information content (AvgIpc) is 2.54. The van der Waals surface area contributed by atoms with Crippen LogP contribution in [0.1, 0.15) is 15.9 Å². The number of esters is 1. The summed E-state index contributed by atoms with van der Waals surface area (Å²) in [6.45, 7) is 2.04. The minimum absolute atomic E-state index is 0.331. The lowest BCUT2D eigenvalue weighted by atomic mass is 9.94. The monoisotopic (exact) mass is 354 g/mol. The smallest absolute Gasteiger partial charge is 0.338 e. The first-order valence-corrected chi connectivity index (χ1v) is 7.77. The zero-order chi connectivity index (χ0) is 15.7. The second-order valence-electron chi connectivity index (χ2n) is 5.20. The largest absolute Gasteiger partial charge is 0.465 e. The van der Waals surface area contributed by atoms with E-state index in [1.54, 1.807) is 0 Å². The molecule has 0 atom stereocenters. The number of fused-ring (bicyclic) bond motifs is 1. The fourth-order valence-corrected chi connectivity index (χ4v) is 3.46. The van der Waals surface area contributed by atoms with Gasteiger partial charge >= 0.3 is 5.97 Å². The third-order valence-electron chi connectivity index (χ3n) is 3.70. The fraction of sp³-hybridized carbons (Fsp3) is 0.105. The number of benzene rings is 3. The molecule has 22 heavy (non-hydrogen) atoms. The van der Waals surface area contributed by atoms with Crippen LogP contribution >= 0.6 is 15.9 Å². The summed E-state index contributed by atoms with van der Waals surface area (Å²) in [5.74, 6) is -0.331. The number of methoxy groups -OCH3 is 1. The van der Waals surface area contributed by atoms with Crippen molar-refractivity contribution in [2.45, 2.75) is 6.92 Å². The standard InChI is InChI=1S/C19H15BrO2/c1-12-6-5-8-14(10-12)17-16(19(21)22-2)11-13-7-3-4-9-15(13)18(17)20/h3-11H,1-2H3. The molecule has 0 N–H and O–H groups in total. The van der Waals surface area contributed by atoms with E-state index in [-0.39, 0.29) is 5.97 Å². The van der Waals surface area contributed by atoms with Gasteiger partial charge in [0, 0.05) is 10.0 Å². The van der Waals surface area contributed by atoms with Gasteiger partial charge in [0.2, 0.25) is 0 Å². The van der Waals surface area contributed by atoms with Gasteiger partial charge < -0.3 is 4.74 Å². The summed E-state index contributed by atoms with van der Waals surface area (Å²) in [7, 11) is 1.41. The normalized spacial score (nSPS) is 10.7. The van der Waals surface area contributed by atoms with Gasteiger partial charge in [0.25, 0.3) is 0 Å². The van der Waals surface area contributed by atoms with Crippen molar-refractivity contribution in [1.82, 2.24) is 0 Å². The molecule has 3 aromatic carbocycles. The molecular formula is C19H15BrO2. The Balaban J connectivity index is 2.40. The van der Waals surface area contributed by atoms with Crippen LogP contribution in [0.3, 0.4) is 0 Å². The maximum atomic E-state index is 12.2. The van der Waals surface area contributed by atoms with Crippen LogP contribution in [-0.2, 0) is 4.74 Å².